The quantitative estimate of drug-likeness (QED) is 0.235. The predicted molar refractivity (Wildman–Crippen MR) is 132 cm³/mol. The minimum absolute atomic E-state index is 0.160. The summed E-state index contributed by atoms with van der Waals surface area (Å²) in [5.41, 5.74) is 2.74. The molecule has 0 saturated heterocycles. The highest BCUT2D eigenvalue weighted by Gasteiger charge is 2.09. The molecule has 0 radical (unpaired) electrons. The maximum atomic E-state index is 14.2. The zero-order chi connectivity index (χ0) is 23.0. The first-order chi connectivity index (χ1) is 15.6. The van der Waals surface area contributed by atoms with Crippen LogP contribution in [0.2, 0.25) is 0 Å². The normalized spacial score (nSPS) is 12.0. The van der Waals surface area contributed by atoms with Crippen LogP contribution in [0.4, 0.5) is 8.78 Å². The second-order valence-corrected chi connectivity index (χ2v) is 8.68. The Balaban J connectivity index is 1.73. The number of aryl methyl sites for hydroxylation is 1. The molecular weight excluding hydrogens is 402 g/mol. The average Bonchev–Trinajstić information content (AvgIpc) is 2.83. The van der Waals surface area contributed by atoms with Crippen molar-refractivity contribution in [3.63, 3.8) is 0 Å². The van der Waals surface area contributed by atoms with Gasteiger partial charge in [0.25, 0.3) is 0 Å². The Morgan fingerprint density at radius 3 is 1.88 bits per heavy atom. The van der Waals surface area contributed by atoms with Gasteiger partial charge >= 0.3 is 0 Å². The fourth-order valence-corrected chi connectivity index (χ4v) is 3.75. The number of rotatable bonds is 16. The second kappa shape index (κ2) is 15.6. The standard InChI is InChI=1S/C29H40F2O/c1-3-5-7-8-9-10-12-13-24-15-17-25(18-16-24)23-32-27-21-19-26(20-22-27)29(31)28(30)14-11-6-4-2/h15-22H,3-14,23H2,1-2H3. The van der Waals surface area contributed by atoms with Gasteiger partial charge in [-0.2, -0.15) is 0 Å². The van der Waals surface area contributed by atoms with Crippen molar-refractivity contribution in [3.05, 3.63) is 71.0 Å². The molecule has 2 rings (SSSR count). The maximum Gasteiger partial charge on any atom is 0.161 e. The van der Waals surface area contributed by atoms with E-state index in [0.29, 0.717) is 18.8 Å². The number of unbranched alkanes of at least 4 members (excludes halogenated alkanes) is 8. The summed E-state index contributed by atoms with van der Waals surface area (Å²) in [6.07, 6.45) is 13.2. The van der Waals surface area contributed by atoms with E-state index in [0.717, 1.165) is 24.8 Å². The van der Waals surface area contributed by atoms with Gasteiger partial charge in [0.1, 0.15) is 18.2 Å². The van der Waals surface area contributed by atoms with Crippen molar-refractivity contribution in [3.8, 4) is 5.75 Å². The van der Waals surface area contributed by atoms with Crippen LogP contribution >= 0.6 is 0 Å². The van der Waals surface area contributed by atoms with E-state index in [1.807, 2.05) is 6.92 Å². The molecule has 0 atom stereocenters. The highest BCUT2D eigenvalue weighted by atomic mass is 19.2. The molecule has 0 unspecified atom stereocenters. The van der Waals surface area contributed by atoms with Crippen molar-refractivity contribution in [1.82, 2.24) is 0 Å². The van der Waals surface area contributed by atoms with E-state index in [4.69, 9.17) is 4.74 Å². The lowest BCUT2D eigenvalue weighted by molar-refractivity contribution is 0.306. The van der Waals surface area contributed by atoms with Crippen molar-refractivity contribution in [2.24, 2.45) is 0 Å². The molecule has 0 aliphatic rings. The molecule has 0 spiro atoms. The summed E-state index contributed by atoms with van der Waals surface area (Å²) in [6, 6.07) is 15.1. The van der Waals surface area contributed by atoms with Gasteiger partial charge in [0.2, 0.25) is 0 Å². The fourth-order valence-electron chi connectivity index (χ4n) is 3.75. The third kappa shape index (κ3) is 9.97. The molecule has 0 N–H and O–H groups in total. The van der Waals surface area contributed by atoms with Crippen molar-refractivity contribution in [2.75, 3.05) is 0 Å². The Hall–Kier alpha value is -2.16. The van der Waals surface area contributed by atoms with Crippen LogP contribution in [0.5, 0.6) is 5.75 Å². The van der Waals surface area contributed by atoms with Gasteiger partial charge in [0.15, 0.2) is 5.83 Å². The Labute approximate surface area is 193 Å². The first-order valence-electron chi connectivity index (χ1n) is 12.5. The molecule has 2 aromatic carbocycles. The fraction of sp³-hybridized carbons (Fsp3) is 0.517. The van der Waals surface area contributed by atoms with E-state index < -0.39 is 11.7 Å². The molecule has 0 saturated carbocycles. The van der Waals surface area contributed by atoms with E-state index in [1.54, 1.807) is 24.3 Å². The van der Waals surface area contributed by atoms with Crippen LogP contribution in [0.25, 0.3) is 5.83 Å². The molecular formula is C29H40F2O. The topological polar surface area (TPSA) is 9.23 Å². The van der Waals surface area contributed by atoms with Gasteiger partial charge in [-0.1, -0.05) is 89.5 Å². The second-order valence-electron chi connectivity index (χ2n) is 8.68. The Bertz CT molecular complexity index is 778. The van der Waals surface area contributed by atoms with Crippen LogP contribution < -0.4 is 4.74 Å². The lowest BCUT2D eigenvalue weighted by atomic mass is 10.0. The molecule has 2 aromatic rings. The summed E-state index contributed by atoms with van der Waals surface area (Å²) in [7, 11) is 0. The van der Waals surface area contributed by atoms with Gasteiger partial charge < -0.3 is 4.74 Å². The number of hydrogen-bond acceptors (Lipinski definition) is 1. The number of hydrogen-bond donors (Lipinski definition) is 0. The SMILES string of the molecule is CCCCCCCCCc1ccc(COc2ccc(C(F)=C(F)CCCCC)cc2)cc1. The number of ether oxygens (including phenoxy) is 1. The third-order valence-corrected chi connectivity index (χ3v) is 5.84. The van der Waals surface area contributed by atoms with Gasteiger partial charge in [-0.3, -0.25) is 0 Å². The Morgan fingerprint density at radius 2 is 1.22 bits per heavy atom. The minimum atomic E-state index is -0.760. The molecule has 0 aliphatic heterocycles. The van der Waals surface area contributed by atoms with Gasteiger partial charge in [-0.15, -0.1) is 0 Å². The van der Waals surface area contributed by atoms with Gasteiger partial charge in [0, 0.05) is 12.0 Å². The molecule has 3 heteroatoms. The predicted octanol–water partition coefficient (Wildman–Crippen LogP) is 9.75. The van der Waals surface area contributed by atoms with Crippen molar-refractivity contribution >= 4 is 5.83 Å². The smallest absolute Gasteiger partial charge is 0.161 e. The number of allylic oxidation sites excluding steroid dienone is 1. The highest BCUT2D eigenvalue weighted by molar-refractivity contribution is 5.61. The molecule has 1 nitrogen and oxygen atoms in total. The zero-order valence-corrected chi connectivity index (χ0v) is 20.0. The summed E-state index contributed by atoms with van der Waals surface area (Å²) in [5, 5.41) is 0. The maximum absolute atomic E-state index is 14.2. The van der Waals surface area contributed by atoms with Gasteiger partial charge in [-0.25, -0.2) is 8.78 Å². The van der Waals surface area contributed by atoms with E-state index in [2.05, 4.69) is 31.2 Å². The van der Waals surface area contributed by atoms with Gasteiger partial charge in [0.05, 0.1) is 0 Å². The number of benzene rings is 2. The highest BCUT2D eigenvalue weighted by Crippen LogP contribution is 2.27. The van der Waals surface area contributed by atoms with Crippen LogP contribution in [-0.4, -0.2) is 0 Å². The molecule has 0 fully saturated rings. The first-order valence-corrected chi connectivity index (χ1v) is 12.5. The van der Waals surface area contributed by atoms with E-state index in [-0.39, 0.29) is 12.0 Å². The monoisotopic (exact) mass is 442 g/mol. The van der Waals surface area contributed by atoms with Crippen LogP contribution in [0, 0.1) is 0 Å². The summed E-state index contributed by atoms with van der Waals surface area (Å²) in [4.78, 5) is 0. The Morgan fingerprint density at radius 1 is 0.656 bits per heavy atom. The van der Waals surface area contributed by atoms with E-state index >= 15 is 0 Å². The summed E-state index contributed by atoms with van der Waals surface area (Å²) < 4.78 is 34.0. The third-order valence-electron chi connectivity index (χ3n) is 5.84. The first kappa shape index (κ1) is 26.1. The van der Waals surface area contributed by atoms with Crippen LogP contribution in [-0.2, 0) is 13.0 Å². The molecule has 0 aliphatic carbocycles. The molecule has 0 amide bonds. The molecule has 0 aromatic heterocycles. The summed E-state index contributed by atoms with van der Waals surface area (Å²) >= 11 is 0. The number of halogens is 2. The molecule has 32 heavy (non-hydrogen) atoms. The molecule has 0 bridgehead atoms. The lowest BCUT2D eigenvalue weighted by Gasteiger charge is -2.08. The van der Waals surface area contributed by atoms with E-state index in [1.165, 1.54) is 50.5 Å². The van der Waals surface area contributed by atoms with Crippen molar-refractivity contribution in [1.29, 1.82) is 0 Å². The van der Waals surface area contributed by atoms with Crippen LogP contribution in [0.15, 0.2) is 54.4 Å². The van der Waals surface area contributed by atoms with Gasteiger partial charge in [-0.05, 0) is 54.7 Å². The summed E-state index contributed by atoms with van der Waals surface area (Å²) in [5.74, 6) is -0.770. The van der Waals surface area contributed by atoms with Crippen LogP contribution in [0.1, 0.15) is 101 Å². The zero-order valence-electron chi connectivity index (χ0n) is 20.0. The molecule has 176 valence electrons. The lowest BCUT2D eigenvalue weighted by Crippen LogP contribution is -1.96. The summed E-state index contributed by atoms with van der Waals surface area (Å²) in [6.45, 7) is 4.76. The molecule has 0 heterocycles. The Kier molecular flexibility index (Phi) is 12.7. The van der Waals surface area contributed by atoms with Crippen LogP contribution in [0.3, 0.4) is 0 Å². The largest absolute Gasteiger partial charge is 0.489 e. The van der Waals surface area contributed by atoms with Crippen molar-refractivity contribution in [2.45, 2.75) is 97.5 Å². The van der Waals surface area contributed by atoms with Crippen molar-refractivity contribution < 1.29 is 13.5 Å². The minimum Gasteiger partial charge on any atom is -0.489 e. The van der Waals surface area contributed by atoms with E-state index in [9.17, 15) is 8.78 Å². The average molecular weight is 443 g/mol.